The van der Waals surface area contributed by atoms with E-state index in [1.165, 1.54) is 28.7 Å². The highest BCUT2D eigenvalue weighted by molar-refractivity contribution is 5.93. The number of aromatic amines is 1. The van der Waals surface area contributed by atoms with Crippen LogP contribution in [0.3, 0.4) is 0 Å². The fraction of sp³-hybridized carbons (Fsp3) is 0.258. The number of hydrogen-bond acceptors (Lipinski definition) is 6. The number of nitrogens with zero attached hydrogens (tertiary/aromatic N) is 5. The summed E-state index contributed by atoms with van der Waals surface area (Å²) in [5.74, 6) is -0.768. The minimum Gasteiger partial charge on any atom is -0.466 e. The SMILES string of the molecule is COC(=O)C1=C(C)N(c2cccc(C(F)(F)F)c2)c2n[nH]c(=O)n2C1c1ccc(C#N)cc1CC[n+]1ccc(C)cc1C. The molecule has 2 aromatic carbocycles. The number of nitrogens with one attached hydrogen (secondary N) is 1. The minimum atomic E-state index is -4.62. The number of methoxy groups -OCH3 is 1. The molecule has 1 aliphatic rings. The van der Waals surface area contributed by atoms with E-state index in [-0.39, 0.29) is 22.9 Å². The van der Waals surface area contributed by atoms with Crippen molar-refractivity contribution in [3.05, 3.63) is 116 Å². The predicted octanol–water partition coefficient (Wildman–Crippen LogP) is 4.80. The first-order chi connectivity index (χ1) is 20.4. The van der Waals surface area contributed by atoms with E-state index >= 15 is 0 Å². The zero-order valence-electron chi connectivity index (χ0n) is 23.9. The molecule has 3 heterocycles. The topological polar surface area (TPSA) is 108 Å². The van der Waals surface area contributed by atoms with Crippen LogP contribution in [0.25, 0.3) is 0 Å². The van der Waals surface area contributed by atoms with Gasteiger partial charge >= 0.3 is 17.8 Å². The standard InChI is InChI=1S/C31H27F3N6O3/c1-18-10-12-38(19(2)14-18)13-11-22-15-21(17-35)8-9-25(22)27-26(28(41)43-4)20(3)39(29-36-37-30(42)40(27)29)24-7-5-6-23(16-24)31(32,33)34/h5-10,12,14-16,27H,11,13H2,1-4H3/p+1. The maximum absolute atomic E-state index is 13.6. The van der Waals surface area contributed by atoms with E-state index in [0.717, 1.165) is 23.4 Å². The number of hydrogen-bond donors (Lipinski definition) is 1. The number of esters is 1. The third-order valence-electron chi connectivity index (χ3n) is 7.58. The molecular weight excluding hydrogens is 561 g/mol. The molecule has 1 atom stereocenters. The van der Waals surface area contributed by atoms with Crippen molar-refractivity contribution in [3.63, 3.8) is 0 Å². The summed E-state index contributed by atoms with van der Waals surface area (Å²) < 4.78 is 49.3. The van der Waals surface area contributed by atoms with Crippen molar-refractivity contribution in [2.24, 2.45) is 0 Å². The summed E-state index contributed by atoms with van der Waals surface area (Å²) in [7, 11) is 1.19. The van der Waals surface area contributed by atoms with Crippen LogP contribution in [0.5, 0.6) is 0 Å². The molecule has 0 radical (unpaired) electrons. The van der Waals surface area contributed by atoms with Gasteiger partial charge in [-0.1, -0.05) is 12.1 Å². The van der Waals surface area contributed by atoms with Gasteiger partial charge in [-0.3, -0.25) is 4.90 Å². The van der Waals surface area contributed by atoms with Gasteiger partial charge in [0.25, 0.3) is 0 Å². The Labute approximate surface area is 245 Å². The number of ether oxygens (including phenoxy) is 1. The number of aromatic nitrogens is 4. The van der Waals surface area contributed by atoms with Crippen molar-refractivity contribution in [2.75, 3.05) is 12.0 Å². The number of benzene rings is 2. The average Bonchev–Trinajstić information content (AvgIpc) is 3.35. The molecule has 220 valence electrons. The van der Waals surface area contributed by atoms with Crippen LogP contribution in [0.2, 0.25) is 0 Å². The Morgan fingerprint density at radius 2 is 1.91 bits per heavy atom. The van der Waals surface area contributed by atoms with Gasteiger partial charge < -0.3 is 4.74 Å². The summed E-state index contributed by atoms with van der Waals surface area (Å²) in [6, 6.07) is 14.7. The molecule has 1 N–H and O–H groups in total. The van der Waals surface area contributed by atoms with Gasteiger partial charge in [-0.2, -0.15) is 18.4 Å². The van der Waals surface area contributed by atoms with Gasteiger partial charge in [-0.05, 0) is 60.9 Å². The van der Waals surface area contributed by atoms with E-state index in [1.807, 2.05) is 26.1 Å². The van der Waals surface area contributed by atoms with Crippen LogP contribution >= 0.6 is 0 Å². The van der Waals surface area contributed by atoms with Crippen LogP contribution in [0.1, 0.15) is 46.5 Å². The first-order valence-corrected chi connectivity index (χ1v) is 13.4. The van der Waals surface area contributed by atoms with Gasteiger partial charge in [-0.15, -0.1) is 5.10 Å². The maximum Gasteiger partial charge on any atom is 0.416 e. The van der Waals surface area contributed by atoms with Crippen molar-refractivity contribution >= 4 is 17.6 Å². The van der Waals surface area contributed by atoms with Crippen LogP contribution < -0.4 is 15.2 Å². The molecule has 5 rings (SSSR count). The van der Waals surface area contributed by atoms with E-state index < -0.39 is 29.4 Å². The second kappa shape index (κ2) is 11.2. The fourth-order valence-corrected chi connectivity index (χ4v) is 5.51. The van der Waals surface area contributed by atoms with E-state index in [2.05, 4.69) is 26.9 Å². The number of carbonyl (C=O) groups excluding carboxylic acids is 1. The molecule has 0 saturated heterocycles. The lowest BCUT2D eigenvalue weighted by Crippen LogP contribution is -2.39. The average molecular weight is 590 g/mol. The van der Waals surface area contributed by atoms with Crippen LogP contribution in [-0.4, -0.2) is 27.8 Å². The Balaban J connectivity index is 1.71. The lowest BCUT2D eigenvalue weighted by atomic mass is 9.89. The van der Waals surface area contributed by atoms with Gasteiger partial charge in [0.05, 0.1) is 29.9 Å². The Morgan fingerprint density at radius 1 is 1.14 bits per heavy atom. The van der Waals surface area contributed by atoms with Gasteiger partial charge in [-0.25, -0.2) is 23.8 Å². The van der Waals surface area contributed by atoms with E-state index in [4.69, 9.17) is 4.74 Å². The summed E-state index contributed by atoms with van der Waals surface area (Å²) in [6.07, 6.45) is -2.20. The third-order valence-corrected chi connectivity index (χ3v) is 7.58. The van der Waals surface area contributed by atoms with Gasteiger partial charge in [0.15, 0.2) is 18.4 Å². The van der Waals surface area contributed by atoms with E-state index in [1.54, 1.807) is 25.1 Å². The number of alkyl halides is 3. The molecule has 12 heteroatoms. The number of nitriles is 1. The van der Waals surface area contributed by atoms with Crippen molar-refractivity contribution in [3.8, 4) is 6.07 Å². The van der Waals surface area contributed by atoms with E-state index in [9.17, 15) is 28.0 Å². The lowest BCUT2D eigenvalue weighted by Gasteiger charge is -2.36. The zero-order valence-corrected chi connectivity index (χ0v) is 23.9. The van der Waals surface area contributed by atoms with Crippen LogP contribution in [0, 0.1) is 25.2 Å². The second-order valence-electron chi connectivity index (χ2n) is 10.3. The molecule has 1 aliphatic heterocycles. The fourth-order valence-electron chi connectivity index (χ4n) is 5.51. The Hall–Kier alpha value is -5.18. The molecule has 0 saturated carbocycles. The van der Waals surface area contributed by atoms with Crippen molar-refractivity contribution in [1.29, 1.82) is 5.26 Å². The highest BCUT2D eigenvalue weighted by Crippen LogP contribution is 2.43. The number of aryl methyl sites for hydroxylation is 4. The lowest BCUT2D eigenvalue weighted by molar-refractivity contribution is -0.702. The zero-order chi connectivity index (χ0) is 31.1. The maximum atomic E-state index is 13.6. The molecule has 0 spiro atoms. The van der Waals surface area contributed by atoms with Gasteiger partial charge in [0, 0.05) is 36.9 Å². The molecule has 0 fully saturated rings. The quantitative estimate of drug-likeness (QED) is 0.256. The predicted molar refractivity (Wildman–Crippen MR) is 150 cm³/mol. The van der Waals surface area contributed by atoms with Crippen molar-refractivity contribution in [1.82, 2.24) is 14.8 Å². The van der Waals surface area contributed by atoms with Crippen LogP contribution in [0.15, 0.2) is 76.9 Å². The molecule has 9 nitrogen and oxygen atoms in total. The number of rotatable bonds is 6. The summed E-state index contributed by atoms with van der Waals surface area (Å²) >= 11 is 0. The number of carbonyl (C=O) groups is 1. The number of pyridine rings is 1. The van der Waals surface area contributed by atoms with Crippen LogP contribution in [0.4, 0.5) is 24.8 Å². The summed E-state index contributed by atoms with van der Waals surface area (Å²) in [5, 5.41) is 16.2. The monoisotopic (exact) mass is 589 g/mol. The molecule has 1 unspecified atom stereocenters. The molecule has 0 amide bonds. The minimum absolute atomic E-state index is 0.00135. The largest absolute Gasteiger partial charge is 0.466 e. The molecular formula is C31H28F3N6O3+. The summed E-state index contributed by atoms with van der Waals surface area (Å²) in [6.45, 7) is 6.10. The third kappa shape index (κ3) is 5.41. The van der Waals surface area contributed by atoms with Crippen molar-refractivity contribution in [2.45, 2.75) is 46.0 Å². The number of fused-ring (bicyclic) bond motifs is 1. The second-order valence-corrected chi connectivity index (χ2v) is 10.3. The molecule has 43 heavy (non-hydrogen) atoms. The first kappa shape index (κ1) is 29.3. The van der Waals surface area contributed by atoms with Gasteiger partial charge in [0.1, 0.15) is 6.04 Å². The highest BCUT2D eigenvalue weighted by Gasteiger charge is 2.41. The van der Waals surface area contributed by atoms with Gasteiger partial charge in [0.2, 0.25) is 5.95 Å². The summed E-state index contributed by atoms with van der Waals surface area (Å²) in [4.78, 5) is 28.0. The van der Waals surface area contributed by atoms with E-state index in [0.29, 0.717) is 29.7 Å². The van der Waals surface area contributed by atoms with Crippen LogP contribution in [-0.2, 0) is 28.7 Å². The Kier molecular flexibility index (Phi) is 7.67. The Morgan fingerprint density at radius 3 is 2.58 bits per heavy atom. The van der Waals surface area contributed by atoms with Crippen molar-refractivity contribution < 1.29 is 27.3 Å². The molecule has 2 aromatic heterocycles. The summed E-state index contributed by atoms with van der Waals surface area (Å²) in [5.41, 5.74) is 2.56. The molecule has 0 aliphatic carbocycles. The normalized spacial score (nSPS) is 14.8. The number of allylic oxidation sites excluding steroid dienone is 1. The smallest absolute Gasteiger partial charge is 0.416 e. The highest BCUT2D eigenvalue weighted by atomic mass is 19.4. The molecule has 0 bridgehead atoms. The Bertz CT molecular complexity index is 1870. The number of H-pyrrole nitrogens is 1. The number of halogens is 3. The first-order valence-electron chi connectivity index (χ1n) is 13.4. The number of anilines is 2. The molecule has 4 aromatic rings.